The lowest BCUT2D eigenvalue weighted by atomic mass is 10.1. The van der Waals surface area contributed by atoms with E-state index in [1.807, 2.05) is 30.3 Å². The van der Waals surface area contributed by atoms with E-state index < -0.39 is 24.4 Å². The van der Waals surface area contributed by atoms with Crippen LogP contribution in [0.1, 0.15) is 21.6 Å². The predicted molar refractivity (Wildman–Crippen MR) is 149 cm³/mol. The van der Waals surface area contributed by atoms with E-state index in [2.05, 4.69) is 15.7 Å². The van der Waals surface area contributed by atoms with Crippen molar-refractivity contribution in [2.75, 3.05) is 24.0 Å². The predicted octanol–water partition coefficient (Wildman–Crippen LogP) is 5.01. The summed E-state index contributed by atoms with van der Waals surface area (Å²) in [5, 5.41) is 10.1. The molecule has 3 aromatic carbocycles. The number of benzene rings is 3. The van der Waals surface area contributed by atoms with Gasteiger partial charge in [-0.2, -0.15) is 5.10 Å². The molecule has 0 unspecified atom stereocenters. The fourth-order valence-electron chi connectivity index (χ4n) is 3.93. The number of nitrogens with one attached hydrogen (secondary N) is 2. The molecule has 1 aliphatic rings. The zero-order valence-electron chi connectivity index (χ0n) is 21.2. The number of hydrogen-bond acceptors (Lipinski definition) is 7. The molecule has 0 spiro atoms. The van der Waals surface area contributed by atoms with Crippen LogP contribution in [-0.2, 0) is 14.3 Å². The maximum atomic E-state index is 12.9. The van der Waals surface area contributed by atoms with Crippen molar-refractivity contribution in [3.05, 3.63) is 101 Å². The van der Waals surface area contributed by atoms with E-state index in [0.29, 0.717) is 33.6 Å². The second-order valence-corrected chi connectivity index (χ2v) is 8.95. The highest BCUT2D eigenvalue weighted by Crippen LogP contribution is 2.34. The van der Waals surface area contributed by atoms with Crippen LogP contribution < -0.4 is 20.1 Å². The quantitative estimate of drug-likeness (QED) is 0.230. The van der Waals surface area contributed by atoms with Crippen molar-refractivity contribution in [1.29, 1.82) is 0 Å². The summed E-state index contributed by atoms with van der Waals surface area (Å²) in [5.74, 6) is -0.686. The Morgan fingerprint density at radius 3 is 2.58 bits per heavy atom. The number of anilines is 2. The van der Waals surface area contributed by atoms with Gasteiger partial charge >= 0.3 is 5.97 Å². The molecule has 202 valence electrons. The minimum Gasteiger partial charge on any atom is -0.454 e. The summed E-state index contributed by atoms with van der Waals surface area (Å²) in [4.78, 5) is 37.7. The Kier molecular flexibility index (Phi) is 7.79. The zero-order valence-corrected chi connectivity index (χ0v) is 22.0. The number of carbonyl (C=O) groups is 3. The van der Waals surface area contributed by atoms with Crippen molar-refractivity contribution in [2.24, 2.45) is 0 Å². The monoisotopic (exact) mass is 558 g/mol. The molecule has 1 aliphatic heterocycles. The third-order valence-corrected chi connectivity index (χ3v) is 6.22. The van der Waals surface area contributed by atoms with Gasteiger partial charge in [0.05, 0.1) is 22.6 Å². The second-order valence-electron chi connectivity index (χ2n) is 8.59. The van der Waals surface area contributed by atoms with E-state index in [0.717, 1.165) is 5.69 Å². The van der Waals surface area contributed by atoms with Crippen molar-refractivity contribution < 1.29 is 28.6 Å². The fourth-order valence-corrected chi connectivity index (χ4v) is 4.26. The van der Waals surface area contributed by atoms with Gasteiger partial charge in [0.25, 0.3) is 11.8 Å². The number of fused-ring (bicyclic) bond motifs is 1. The van der Waals surface area contributed by atoms with Crippen LogP contribution in [0.2, 0.25) is 5.15 Å². The number of rotatable bonds is 8. The molecule has 0 fully saturated rings. The SMILES string of the molecule is Cc1nn(-c2ccccc2)c(Cl)c1/C=C/C(=O)OCC(=O)Nc1ccccc1C(=O)Nc1ccc2c(c1)OCO2. The van der Waals surface area contributed by atoms with Gasteiger partial charge in [0.2, 0.25) is 6.79 Å². The Hall–Kier alpha value is -5.09. The first kappa shape index (κ1) is 26.5. The second kappa shape index (κ2) is 11.7. The normalized spacial score (nSPS) is 11.8. The van der Waals surface area contributed by atoms with Crippen molar-refractivity contribution in [3.63, 3.8) is 0 Å². The van der Waals surface area contributed by atoms with Gasteiger partial charge in [0.1, 0.15) is 5.15 Å². The summed E-state index contributed by atoms with van der Waals surface area (Å²) >= 11 is 6.47. The molecule has 2 heterocycles. The van der Waals surface area contributed by atoms with E-state index in [4.69, 9.17) is 25.8 Å². The van der Waals surface area contributed by atoms with Crippen LogP contribution >= 0.6 is 11.6 Å². The van der Waals surface area contributed by atoms with Gasteiger partial charge in [0.15, 0.2) is 18.1 Å². The molecule has 0 aliphatic carbocycles. The number of nitrogens with zero attached hydrogens (tertiary/aromatic N) is 2. The molecule has 0 saturated carbocycles. The highest BCUT2D eigenvalue weighted by molar-refractivity contribution is 6.31. The lowest BCUT2D eigenvalue weighted by Crippen LogP contribution is -2.22. The molecule has 5 rings (SSSR count). The van der Waals surface area contributed by atoms with Crippen LogP contribution in [0.15, 0.2) is 78.9 Å². The van der Waals surface area contributed by atoms with Crippen LogP contribution in [-0.4, -0.2) is 41.0 Å². The van der Waals surface area contributed by atoms with E-state index >= 15 is 0 Å². The summed E-state index contributed by atoms with van der Waals surface area (Å²) in [6.45, 7) is 1.33. The van der Waals surface area contributed by atoms with Crippen LogP contribution in [0.3, 0.4) is 0 Å². The van der Waals surface area contributed by atoms with Gasteiger partial charge in [-0.1, -0.05) is 41.9 Å². The number of para-hydroxylation sites is 2. The van der Waals surface area contributed by atoms with Crippen LogP contribution in [0.4, 0.5) is 11.4 Å². The smallest absolute Gasteiger partial charge is 0.331 e. The molecule has 1 aromatic heterocycles. The van der Waals surface area contributed by atoms with Gasteiger partial charge in [-0.05, 0) is 49.4 Å². The lowest BCUT2D eigenvalue weighted by Gasteiger charge is -2.12. The Bertz CT molecular complexity index is 1620. The maximum absolute atomic E-state index is 12.9. The molecule has 2 amide bonds. The van der Waals surface area contributed by atoms with E-state index in [1.165, 1.54) is 12.2 Å². The van der Waals surface area contributed by atoms with Gasteiger partial charge < -0.3 is 24.8 Å². The third kappa shape index (κ3) is 5.97. The molecule has 11 heteroatoms. The topological polar surface area (TPSA) is 121 Å². The standard InChI is InChI=1S/C29H23ClN4O6/c1-18-21(28(30)34(33-18)20-7-3-2-4-8-20)12-14-27(36)38-16-26(35)32-23-10-6-5-9-22(23)29(37)31-19-11-13-24-25(15-19)40-17-39-24/h2-15H,16-17H2,1H3,(H,31,37)(H,32,35)/b14-12+. The average Bonchev–Trinajstić information content (AvgIpc) is 3.54. The first-order chi connectivity index (χ1) is 19.4. The van der Waals surface area contributed by atoms with Crippen molar-refractivity contribution in [3.8, 4) is 17.2 Å². The van der Waals surface area contributed by atoms with Gasteiger partial charge in [-0.25, -0.2) is 9.48 Å². The molecule has 0 atom stereocenters. The molecule has 40 heavy (non-hydrogen) atoms. The molecule has 0 radical (unpaired) electrons. The van der Waals surface area contributed by atoms with Crippen molar-refractivity contribution in [2.45, 2.75) is 6.92 Å². The molecule has 0 bridgehead atoms. The molecule has 10 nitrogen and oxygen atoms in total. The molecular formula is C29H23ClN4O6. The third-order valence-electron chi connectivity index (χ3n) is 5.86. The molecule has 4 aromatic rings. The maximum Gasteiger partial charge on any atom is 0.331 e. The van der Waals surface area contributed by atoms with Crippen molar-refractivity contribution >= 4 is 46.8 Å². The first-order valence-corrected chi connectivity index (χ1v) is 12.5. The molecule has 0 saturated heterocycles. The first-order valence-electron chi connectivity index (χ1n) is 12.1. The van der Waals surface area contributed by atoms with Crippen molar-refractivity contribution in [1.82, 2.24) is 9.78 Å². The van der Waals surface area contributed by atoms with E-state index in [-0.39, 0.29) is 18.0 Å². The Morgan fingerprint density at radius 2 is 1.75 bits per heavy atom. The minimum absolute atomic E-state index is 0.119. The van der Waals surface area contributed by atoms with Crippen LogP contribution in [0.25, 0.3) is 11.8 Å². The lowest BCUT2D eigenvalue weighted by molar-refractivity contribution is -0.142. The molecular weight excluding hydrogens is 536 g/mol. The number of carbonyl (C=O) groups excluding carboxylic acids is 3. The van der Waals surface area contributed by atoms with Gasteiger partial charge in [0, 0.05) is 23.4 Å². The Morgan fingerprint density at radius 1 is 1.00 bits per heavy atom. The number of hydrogen-bond donors (Lipinski definition) is 2. The summed E-state index contributed by atoms with van der Waals surface area (Å²) in [6, 6.07) is 20.8. The summed E-state index contributed by atoms with van der Waals surface area (Å²) < 4.78 is 17.3. The largest absolute Gasteiger partial charge is 0.454 e. The Labute approximate surface area is 234 Å². The Balaban J connectivity index is 1.18. The van der Waals surface area contributed by atoms with Gasteiger partial charge in [-0.15, -0.1) is 0 Å². The highest BCUT2D eigenvalue weighted by Gasteiger charge is 2.18. The number of halogens is 1. The number of esters is 1. The summed E-state index contributed by atoms with van der Waals surface area (Å²) in [5.41, 5.74) is 2.93. The fraction of sp³-hybridized carbons (Fsp3) is 0.103. The van der Waals surface area contributed by atoms with E-state index in [1.54, 1.807) is 54.1 Å². The number of aromatic nitrogens is 2. The zero-order chi connectivity index (χ0) is 28.1. The highest BCUT2D eigenvalue weighted by atomic mass is 35.5. The van der Waals surface area contributed by atoms with Crippen LogP contribution in [0.5, 0.6) is 11.5 Å². The average molecular weight is 559 g/mol. The number of ether oxygens (including phenoxy) is 3. The number of aryl methyl sites for hydroxylation is 1. The molecule has 2 N–H and O–H groups in total. The minimum atomic E-state index is -0.744. The summed E-state index contributed by atoms with van der Waals surface area (Å²) in [6.07, 6.45) is 2.66. The summed E-state index contributed by atoms with van der Waals surface area (Å²) in [7, 11) is 0. The van der Waals surface area contributed by atoms with E-state index in [9.17, 15) is 14.4 Å². The number of amides is 2. The van der Waals surface area contributed by atoms with Gasteiger partial charge in [-0.3, -0.25) is 9.59 Å². The van der Waals surface area contributed by atoms with Crippen LogP contribution in [0, 0.1) is 6.92 Å².